The lowest BCUT2D eigenvalue weighted by Gasteiger charge is -2.21. The summed E-state index contributed by atoms with van der Waals surface area (Å²) >= 11 is 1.53. The maximum atomic E-state index is 14.7. The van der Waals surface area contributed by atoms with Gasteiger partial charge in [-0.1, -0.05) is 24.3 Å². The van der Waals surface area contributed by atoms with E-state index in [0.29, 0.717) is 29.3 Å². The highest BCUT2D eigenvalue weighted by molar-refractivity contribution is 7.28. The summed E-state index contributed by atoms with van der Waals surface area (Å²) in [6, 6.07) is 14.2. The summed E-state index contributed by atoms with van der Waals surface area (Å²) in [4.78, 5) is 35.8. The van der Waals surface area contributed by atoms with Crippen molar-refractivity contribution in [3.05, 3.63) is 76.4 Å². The Morgan fingerprint density at radius 3 is 2.61 bits per heavy atom. The van der Waals surface area contributed by atoms with E-state index >= 15 is 0 Å². The second-order valence-electron chi connectivity index (χ2n) is 7.43. The summed E-state index contributed by atoms with van der Waals surface area (Å²) in [6.07, 6.45) is 1.61. The largest absolute Gasteiger partial charge is 0.346 e. The van der Waals surface area contributed by atoms with Crippen molar-refractivity contribution in [2.75, 3.05) is 0 Å². The average Bonchev–Trinajstić information content (AvgIpc) is 3.35. The Hall–Kier alpha value is -2.89. The Labute approximate surface area is 185 Å². The predicted molar refractivity (Wildman–Crippen MR) is 122 cm³/mol. The monoisotopic (exact) mass is 454 g/mol. The molecule has 158 valence electrons. The van der Waals surface area contributed by atoms with Gasteiger partial charge in [-0.25, -0.2) is 4.39 Å². The fraction of sp³-hybridized carbons (Fsp3) is 0.174. The van der Waals surface area contributed by atoms with E-state index in [4.69, 9.17) is 0 Å². The van der Waals surface area contributed by atoms with Crippen LogP contribution < -0.4 is 15.9 Å². The second-order valence-corrected chi connectivity index (χ2v) is 8.95. The van der Waals surface area contributed by atoms with Crippen LogP contribution in [0.5, 0.6) is 0 Å². The number of aldehydes is 1. The maximum absolute atomic E-state index is 14.7. The highest BCUT2D eigenvalue weighted by atomic mass is 32.1. The molecule has 1 saturated carbocycles. The Morgan fingerprint density at radius 2 is 1.94 bits per heavy atom. The standard InChI is InChI=1S/C23H20FN2O3PS/c24-18-11-15(10-17(21(18)30)19-6-3-9-31-19)23(7-8-23)26-22(29)16-5-2-1-4-14(16)12-25-20(28)13-27/h1-6,9-11,13H,7-8,12,30H2,(H,25,28)(H,26,29). The van der Waals surface area contributed by atoms with E-state index in [-0.39, 0.29) is 24.6 Å². The molecule has 1 heterocycles. The van der Waals surface area contributed by atoms with Gasteiger partial charge >= 0.3 is 0 Å². The van der Waals surface area contributed by atoms with Gasteiger partial charge in [-0.2, -0.15) is 0 Å². The number of benzene rings is 2. The molecule has 0 spiro atoms. The van der Waals surface area contributed by atoms with Crippen LogP contribution in [-0.4, -0.2) is 18.1 Å². The summed E-state index contributed by atoms with van der Waals surface area (Å²) in [6.45, 7) is 0.0626. The molecule has 5 nitrogen and oxygen atoms in total. The van der Waals surface area contributed by atoms with E-state index in [1.54, 1.807) is 24.3 Å². The third-order valence-corrected chi connectivity index (χ3v) is 6.88. The van der Waals surface area contributed by atoms with Crippen LogP contribution in [0.25, 0.3) is 10.4 Å². The number of hydrogen-bond acceptors (Lipinski definition) is 4. The van der Waals surface area contributed by atoms with Crippen LogP contribution in [0, 0.1) is 5.82 Å². The molecule has 0 radical (unpaired) electrons. The smallest absolute Gasteiger partial charge is 0.284 e. The molecule has 2 N–H and O–H groups in total. The average molecular weight is 454 g/mol. The lowest BCUT2D eigenvalue weighted by molar-refractivity contribution is -0.131. The van der Waals surface area contributed by atoms with Crippen LogP contribution in [0.1, 0.15) is 34.3 Å². The molecule has 4 rings (SSSR count). The number of carbonyl (C=O) groups excluding carboxylic acids is 3. The van der Waals surface area contributed by atoms with Gasteiger partial charge in [0.25, 0.3) is 11.8 Å². The van der Waals surface area contributed by atoms with Crippen LogP contribution in [0.4, 0.5) is 4.39 Å². The molecule has 1 aromatic heterocycles. The second kappa shape index (κ2) is 8.69. The molecule has 1 fully saturated rings. The fourth-order valence-electron chi connectivity index (χ4n) is 3.55. The minimum atomic E-state index is -0.747. The van der Waals surface area contributed by atoms with Gasteiger partial charge in [0.15, 0.2) is 0 Å². The summed E-state index contributed by atoms with van der Waals surface area (Å²) in [7, 11) is 2.46. The lowest BCUT2D eigenvalue weighted by Crippen LogP contribution is -2.36. The molecular formula is C23H20FN2O3PS. The first-order valence-corrected chi connectivity index (χ1v) is 11.2. The zero-order valence-corrected chi connectivity index (χ0v) is 18.5. The SMILES string of the molecule is O=CC(=O)NCc1ccccc1C(=O)NC1(c2cc(F)c(P)c(-c3cccs3)c2)CC1. The molecule has 3 aromatic rings. The molecule has 2 amide bonds. The van der Waals surface area contributed by atoms with Crippen molar-refractivity contribution >= 4 is 44.0 Å². The molecule has 0 aliphatic heterocycles. The molecule has 1 atom stereocenters. The van der Waals surface area contributed by atoms with Gasteiger partial charge in [-0.05, 0) is 53.6 Å². The van der Waals surface area contributed by atoms with Gasteiger partial charge < -0.3 is 10.6 Å². The van der Waals surface area contributed by atoms with Crippen LogP contribution in [0.2, 0.25) is 0 Å². The molecular weight excluding hydrogens is 434 g/mol. The predicted octanol–water partition coefficient (Wildman–Crippen LogP) is 3.29. The van der Waals surface area contributed by atoms with Crippen molar-refractivity contribution in [1.82, 2.24) is 10.6 Å². The van der Waals surface area contributed by atoms with Crippen LogP contribution in [0.15, 0.2) is 53.9 Å². The third-order valence-electron chi connectivity index (χ3n) is 5.39. The number of halogens is 1. The first kappa shape index (κ1) is 21.3. The van der Waals surface area contributed by atoms with E-state index in [1.807, 2.05) is 23.6 Å². The van der Waals surface area contributed by atoms with Gasteiger partial charge in [-0.15, -0.1) is 20.6 Å². The molecule has 1 aliphatic carbocycles. The summed E-state index contributed by atoms with van der Waals surface area (Å²) in [5, 5.41) is 7.97. The minimum absolute atomic E-state index is 0.0626. The number of rotatable bonds is 7. The van der Waals surface area contributed by atoms with E-state index < -0.39 is 11.4 Å². The summed E-state index contributed by atoms with van der Waals surface area (Å²) in [5.41, 5.74) is 1.91. The summed E-state index contributed by atoms with van der Waals surface area (Å²) < 4.78 is 14.7. The maximum Gasteiger partial charge on any atom is 0.284 e. The highest BCUT2D eigenvalue weighted by Crippen LogP contribution is 2.47. The summed E-state index contributed by atoms with van der Waals surface area (Å²) in [5.74, 6) is -1.38. The van der Waals surface area contributed by atoms with Crippen molar-refractivity contribution in [3.8, 4) is 10.4 Å². The van der Waals surface area contributed by atoms with Crippen LogP contribution in [-0.2, 0) is 21.7 Å². The van der Waals surface area contributed by atoms with Crippen molar-refractivity contribution < 1.29 is 18.8 Å². The lowest BCUT2D eigenvalue weighted by atomic mass is 9.99. The molecule has 1 aliphatic rings. The van der Waals surface area contributed by atoms with Crippen LogP contribution >= 0.6 is 20.6 Å². The number of thiophene rings is 1. The zero-order chi connectivity index (χ0) is 22.0. The Kier molecular flexibility index (Phi) is 5.99. The number of hydrogen-bond donors (Lipinski definition) is 2. The molecule has 1 unspecified atom stereocenters. The zero-order valence-electron chi connectivity index (χ0n) is 16.5. The molecule has 8 heteroatoms. The molecule has 31 heavy (non-hydrogen) atoms. The van der Waals surface area contributed by atoms with Gasteiger partial charge in [-0.3, -0.25) is 14.4 Å². The Bertz CT molecular complexity index is 1160. The quantitative estimate of drug-likeness (QED) is 0.327. The minimum Gasteiger partial charge on any atom is -0.346 e. The van der Waals surface area contributed by atoms with Gasteiger partial charge in [0, 0.05) is 27.9 Å². The third kappa shape index (κ3) is 4.43. The van der Waals surface area contributed by atoms with E-state index in [9.17, 15) is 18.8 Å². The van der Waals surface area contributed by atoms with Gasteiger partial charge in [0.05, 0.1) is 5.54 Å². The molecule has 0 bridgehead atoms. The van der Waals surface area contributed by atoms with Gasteiger partial charge in [0.1, 0.15) is 5.82 Å². The normalized spacial score (nSPS) is 14.0. The number of nitrogens with one attached hydrogen (secondary N) is 2. The van der Waals surface area contributed by atoms with E-state index in [2.05, 4.69) is 19.9 Å². The Morgan fingerprint density at radius 1 is 1.16 bits per heavy atom. The topological polar surface area (TPSA) is 75.3 Å². The number of amides is 2. The van der Waals surface area contributed by atoms with E-state index in [1.165, 1.54) is 17.4 Å². The first-order chi connectivity index (χ1) is 14.9. The number of carbonyl (C=O) groups is 3. The first-order valence-electron chi connectivity index (χ1n) is 9.70. The Balaban J connectivity index is 1.60. The molecule has 2 aromatic carbocycles. The van der Waals surface area contributed by atoms with Crippen molar-refractivity contribution in [1.29, 1.82) is 0 Å². The van der Waals surface area contributed by atoms with Crippen molar-refractivity contribution in [2.24, 2.45) is 0 Å². The van der Waals surface area contributed by atoms with E-state index in [0.717, 1.165) is 16.0 Å². The van der Waals surface area contributed by atoms with Crippen molar-refractivity contribution in [2.45, 2.75) is 24.9 Å². The van der Waals surface area contributed by atoms with Gasteiger partial charge in [0.2, 0.25) is 6.29 Å². The molecule has 0 saturated heterocycles. The van der Waals surface area contributed by atoms with Crippen LogP contribution in [0.3, 0.4) is 0 Å². The fourth-order valence-corrected chi connectivity index (χ4v) is 4.73. The highest BCUT2D eigenvalue weighted by Gasteiger charge is 2.46. The van der Waals surface area contributed by atoms with Crippen molar-refractivity contribution in [3.63, 3.8) is 0 Å².